The molecule has 0 radical (unpaired) electrons. The number of rotatable bonds is 5. The van der Waals surface area contributed by atoms with E-state index in [1.807, 2.05) is 13.0 Å². The number of hydrogen-bond acceptors (Lipinski definition) is 2. The van der Waals surface area contributed by atoms with Crippen LogP contribution in [0.4, 0.5) is 4.39 Å². The van der Waals surface area contributed by atoms with Gasteiger partial charge in [-0.05, 0) is 31.0 Å². The maximum Gasteiger partial charge on any atom is 0.311 e. The molecule has 0 bridgehead atoms. The molecule has 21 heavy (non-hydrogen) atoms. The fourth-order valence-corrected chi connectivity index (χ4v) is 2.34. The maximum atomic E-state index is 13.8. The molecule has 0 saturated heterocycles. The van der Waals surface area contributed by atoms with E-state index in [1.54, 1.807) is 30.3 Å². The highest BCUT2D eigenvalue weighted by molar-refractivity contribution is 5.77. The summed E-state index contributed by atoms with van der Waals surface area (Å²) in [6, 6.07) is 11.6. The number of aryl methyl sites for hydroxylation is 1. The highest BCUT2D eigenvalue weighted by atomic mass is 19.1. The molecule has 0 aliphatic carbocycles. The van der Waals surface area contributed by atoms with Gasteiger partial charge in [-0.3, -0.25) is 4.79 Å². The SMILES string of the molecule is COc1ccc(C)cc1C(Cc1ccccc1F)C(=O)O. The van der Waals surface area contributed by atoms with Crippen LogP contribution in [0, 0.1) is 12.7 Å². The molecule has 0 spiro atoms. The van der Waals surface area contributed by atoms with Crippen molar-refractivity contribution in [3.8, 4) is 5.75 Å². The minimum absolute atomic E-state index is 0.0851. The van der Waals surface area contributed by atoms with Crippen LogP contribution in [-0.4, -0.2) is 18.2 Å². The lowest BCUT2D eigenvalue weighted by Crippen LogP contribution is -2.16. The smallest absolute Gasteiger partial charge is 0.311 e. The largest absolute Gasteiger partial charge is 0.496 e. The first-order valence-electron chi connectivity index (χ1n) is 6.63. The Hall–Kier alpha value is -2.36. The lowest BCUT2D eigenvalue weighted by Gasteiger charge is -2.17. The average Bonchev–Trinajstić information content (AvgIpc) is 2.46. The van der Waals surface area contributed by atoms with Gasteiger partial charge in [0.2, 0.25) is 0 Å². The lowest BCUT2D eigenvalue weighted by atomic mass is 9.90. The molecule has 1 atom stereocenters. The third-order valence-corrected chi connectivity index (χ3v) is 3.44. The molecule has 2 aromatic rings. The predicted octanol–water partition coefficient (Wildman–Crippen LogP) is 3.55. The zero-order valence-corrected chi connectivity index (χ0v) is 12.0. The van der Waals surface area contributed by atoms with Crippen molar-refractivity contribution in [1.29, 1.82) is 0 Å². The van der Waals surface area contributed by atoms with Gasteiger partial charge in [0.1, 0.15) is 11.6 Å². The van der Waals surface area contributed by atoms with Gasteiger partial charge in [0.15, 0.2) is 0 Å². The van der Waals surface area contributed by atoms with Gasteiger partial charge in [0.25, 0.3) is 0 Å². The Balaban J connectivity index is 2.43. The number of methoxy groups -OCH3 is 1. The second-order valence-electron chi connectivity index (χ2n) is 4.93. The van der Waals surface area contributed by atoms with Crippen LogP contribution in [0.3, 0.4) is 0 Å². The Morgan fingerprint density at radius 3 is 2.62 bits per heavy atom. The molecule has 0 aliphatic rings. The van der Waals surface area contributed by atoms with E-state index in [-0.39, 0.29) is 6.42 Å². The van der Waals surface area contributed by atoms with Crippen LogP contribution in [0.1, 0.15) is 22.6 Å². The fourth-order valence-electron chi connectivity index (χ4n) is 2.34. The molecule has 2 aromatic carbocycles. The van der Waals surface area contributed by atoms with Gasteiger partial charge < -0.3 is 9.84 Å². The second kappa shape index (κ2) is 6.39. The van der Waals surface area contributed by atoms with Crippen LogP contribution < -0.4 is 4.74 Å². The summed E-state index contributed by atoms with van der Waals surface area (Å²) >= 11 is 0. The van der Waals surface area contributed by atoms with Gasteiger partial charge in [-0.1, -0.05) is 35.9 Å². The van der Waals surface area contributed by atoms with Gasteiger partial charge in [0.05, 0.1) is 13.0 Å². The summed E-state index contributed by atoms with van der Waals surface area (Å²) in [6.07, 6.45) is 0.0851. The van der Waals surface area contributed by atoms with E-state index in [4.69, 9.17) is 4.74 Å². The van der Waals surface area contributed by atoms with Crippen molar-refractivity contribution >= 4 is 5.97 Å². The van der Waals surface area contributed by atoms with Crippen molar-refractivity contribution in [2.75, 3.05) is 7.11 Å². The molecule has 2 rings (SSSR count). The third kappa shape index (κ3) is 3.40. The highest BCUT2D eigenvalue weighted by Gasteiger charge is 2.25. The van der Waals surface area contributed by atoms with Gasteiger partial charge in [-0.2, -0.15) is 0 Å². The normalized spacial score (nSPS) is 12.0. The molecule has 0 fully saturated rings. The highest BCUT2D eigenvalue weighted by Crippen LogP contribution is 2.31. The number of hydrogen-bond donors (Lipinski definition) is 1. The molecular formula is C17H17FO3. The van der Waals surface area contributed by atoms with E-state index in [0.29, 0.717) is 16.9 Å². The molecule has 110 valence electrons. The van der Waals surface area contributed by atoms with Gasteiger partial charge in [0, 0.05) is 5.56 Å². The Bertz CT molecular complexity index is 652. The lowest BCUT2D eigenvalue weighted by molar-refractivity contribution is -0.138. The van der Waals surface area contributed by atoms with Crippen LogP contribution >= 0.6 is 0 Å². The van der Waals surface area contributed by atoms with Crippen LogP contribution in [0.5, 0.6) is 5.75 Å². The van der Waals surface area contributed by atoms with Crippen LogP contribution in [0.15, 0.2) is 42.5 Å². The molecule has 0 amide bonds. The van der Waals surface area contributed by atoms with Crippen molar-refractivity contribution in [2.45, 2.75) is 19.3 Å². The summed E-state index contributed by atoms with van der Waals surface area (Å²) in [5.41, 5.74) is 1.88. The van der Waals surface area contributed by atoms with E-state index < -0.39 is 17.7 Å². The Labute approximate surface area is 123 Å². The molecule has 1 N–H and O–H groups in total. The standard InChI is InChI=1S/C17H17FO3/c1-11-7-8-16(21-2)13(9-11)14(17(19)20)10-12-5-3-4-6-15(12)18/h3-9,14H,10H2,1-2H3,(H,19,20). The van der Waals surface area contributed by atoms with E-state index in [1.165, 1.54) is 13.2 Å². The zero-order valence-electron chi connectivity index (χ0n) is 12.0. The second-order valence-corrected chi connectivity index (χ2v) is 4.93. The van der Waals surface area contributed by atoms with Crippen molar-refractivity contribution in [2.24, 2.45) is 0 Å². The van der Waals surface area contributed by atoms with Gasteiger partial charge >= 0.3 is 5.97 Å². The molecule has 0 saturated carbocycles. The number of carbonyl (C=O) groups is 1. The van der Waals surface area contributed by atoms with E-state index in [9.17, 15) is 14.3 Å². The van der Waals surface area contributed by atoms with Gasteiger partial charge in [-0.25, -0.2) is 4.39 Å². The summed E-state index contributed by atoms with van der Waals surface area (Å²) in [5, 5.41) is 9.51. The first kappa shape index (κ1) is 15.0. The van der Waals surface area contributed by atoms with E-state index in [2.05, 4.69) is 0 Å². The van der Waals surface area contributed by atoms with Crippen molar-refractivity contribution in [3.05, 3.63) is 65.0 Å². The molecule has 0 heterocycles. The van der Waals surface area contributed by atoms with Crippen molar-refractivity contribution < 1.29 is 19.0 Å². The summed E-state index contributed by atoms with van der Waals surface area (Å²) in [4.78, 5) is 11.6. The number of aliphatic carboxylic acids is 1. The number of halogens is 1. The average molecular weight is 288 g/mol. The Morgan fingerprint density at radius 2 is 2.00 bits per heavy atom. The summed E-state index contributed by atoms with van der Waals surface area (Å²) in [5.74, 6) is -1.74. The summed E-state index contributed by atoms with van der Waals surface area (Å²) in [6.45, 7) is 1.88. The van der Waals surface area contributed by atoms with Crippen LogP contribution in [0.2, 0.25) is 0 Å². The summed E-state index contributed by atoms with van der Waals surface area (Å²) < 4.78 is 19.0. The molecule has 0 aromatic heterocycles. The number of ether oxygens (including phenoxy) is 1. The monoisotopic (exact) mass is 288 g/mol. The van der Waals surface area contributed by atoms with E-state index >= 15 is 0 Å². The topological polar surface area (TPSA) is 46.5 Å². The number of benzene rings is 2. The first-order valence-corrected chi connectivity index (χ1v) is 6.63. The molecule has 0 aliphatic heterocycles. The third-order valence-electron chi connectivity index (χ3n) is 3.44. The van der Waals surface area contributed by atoms with Crippen LogP contribution in [-0.2, 0) is 11.2 Å². The number of carboxylic acids is 1. The van der Waals surface area contributed by atoms with Crippen molar-refractivity contribution in [3.63, 3.8) is 0 Å². The summed E-state index contributed by atoms with van der Waals surface area (Å²) in [7, 11) is 1.50. The molecular weight excluding hydrogens is 271 g/mol. The quantitative estimate of drug-likeness (QED) is 0.915. The first-order chi connectivity index (χ1) is 10.0. The number of carboxylic acid groups (broad SMARTS) is 1. The Kier molecular flexibility index (Phi) is 4.58. The van der Waals surface area contributed by atoms with Crippen LogP contribution in [0.25, 0.3) is 0 Å². The van der Waals surface area contributed by atoms with E-state index in [0.717, 1.165) is 5.56 Å². The predicted molar refractivity (Wildman–Crippen MR) is 78.2 cm³/mol. The minimum atomic E-state index is -0.998. The Morgan fingerprint density at radius 1 is 1.29 bits per heavy atom. The van der Waals surface area contributed by atoms with Gasteiger partial charge in [-0.15, -0.1) is 0 Å². The molecule has 4 heteroatoms. The maximum absolute atomic E-state index is 13.8. The van der Waals surface area contributed by atoms with Crippen molar-refractivity contribution in [1.82, 2.24) is 0 Å². The molecule has 1 unspecified atom stereocenters. The molecule has 3 nitrogen and oxygen atoms in total. The minimum Gasteiger partial charge on any atom is -0.496 e. The fraction of sp³-hybridized carbons (Fsp3) is 0.235. The zero-order chi connectivity index (χ0) is 15.4.